The van der Waals surface area contributed by atoms with Crippen molar-refractivity contribution in [2.75, 3.05) is 13.2 Å². The zero-order chi connectivity index (χ0) is 53.3. The summed E-state index contributed by atoms with van der Waals surface area (Å²) in [4.78, 5) is 26.4. The number of ether oxygens (including phenoxy) is 3. The monoisotopic (exact) mass is 1030 g/mol. The van der Waals surface area contributed by atoms with Gasteiger partial charge in [-0.2, -0.15) is 0 Å². The number of carbonyl (C=O) groups is 2. The Morgan fingerprint density at radius 3 is 1.48 bits per heavy atom. The van der Waals surface area contributed by atoms with Gasteiger partial charge in [-0.3, -0.25) is 9.59 Å². The first-order chi connectivity index (χ1) is 35.7. The van der Waals surface area contributed by atoms with Gasteiger partial charge in [-0.1, -0.05) is 236 Å². The summed E-state index contributed by atoms with van der Waals surface area (Å²) < 4.78 is 17.5. The van der Waals surface area contributed by atoms with E-state index in [2.05, 4.69) is 62.5 Å². The number of aliphatic hydroxyl groups is 5. The highest BCUT2D eigenvalue weighted by Gasteiger charge is 2.47. The summed E-state index contributed by atoms with van der Waals surface area (Å²) in [6, 6.07) is -1.02. The number of hydrogen-bond donors (Lipinski definition) is 6. The number of carbonyl (C=O) groups excluding carboxylic acids is 2. The molecule has 0 aromatic rings. The molecule has 0 aromatic carbocycles. The van der Waals surface area contributed by atoms with Gasteiger partial charge in [0.05, 0.1) is 25.4 Å². The van der Waals surface area contributed by atoms with Gasteiger partial charge in [0.1, 0.15) is 24.4 Å². The van der Waals surface area contributed by atoms with Crippen LogP contribution in [0.5, 0.6) is 0 Å². The van der Waals surface area contributed by atoms with E-state index in [-0.39, 0.29) is 13.0 Å². The van der Waals surface area contributed by atoms with Gasteiger partial charge in [-0.15, -0.1) is 0 Å². The lowest BCUT2D eigenvalue weighted by molar-refractivity contribution is -0.305. The van der Waals surface area contributed by atoms with E-state index in [4.69, 9.17) is 14.2 Å². The Kier molecular flexibility index (Phi) is 47.4. The normalized spacial score (nSPS) is 19.7. The summed E-state index contributed by atoms with van der Waals surface area (Å²) in [5.74, 6) is -1.20. The molecule has 426 valence electrons. The Labute approximate surface area is 446 Å². The van der Waals surface area contributed by atoms with Crippen molar-refractivity contribution in [2.24, 2.45) is 0 Å². The SMILES string of the molecule is CCCC/C=C\CCCCCCCC(=O)OC1C(OCC(NC(=O)C(O)CCCCCCCCCCCCCC/C=C\C/C=C\CCCCC)C(O)/C=C/CCCCCCCCCCC)OC(CO)C(O)C1O. The second kappa shape index (κ2) is 50.4. The average Bonchev–Trinajstić information content (AvgIpc) is 3.39. The Hall–Kier alpha value is -2.38. The highest BCUT2D eigenvalue weighted by molar-refractivity contribution is 5.80. The molecule has 0 saturated carbocycles. The van der Waals surface area contributed by atoms with Crippen LogP contribution in [0.25, 0.3) is 0 Å². The summed E-state index contributed by atoms with van der Waals surface area (Å²) >= 11 is 0. The van der Waals surface area contributed by atoms with E-state index in [1.165, 1.54) is 141 Å². The third-order valence-corrected chi connectivity index (χ3v) is 14.2. The number of amides is 1. The van der Waals surface area contributed by atoms with Gasteiger partial charge >= 0.3 is 5.97 Å². The van der Waals surface area contributed by atoms with Crippen molar-refractivity contribution in [3.05, 3.63) is 48.6 Å². The predicted molar refractivity (Wildman–Crippen MR) is 301 cm³/mol. The highest BCUT2D eigenvalue weighted by atomic mass is 16.7. The lowest BCUT2D eigenvalue weighted by Crippen LogP contribution is -2.61. The summed E-state index contributed by atoms with van der Waals surface area (Å²) in [6.45, 7) is 5.71. The first-order valence-corrected chi connectivity index (χ1v) is 30.4. The first kappa shape index (κ1) is 68.6. The molecule has 1 heterocycles. The van der Waals surface area contributed by atoms with E-state index in [1.807, 2.05) is 6.08 Å². The number of hydrogen-bond acceptors (Lipinski definition) is 10. The third kappa shape index (κ3) is 38.8. The molecule has 8 unspecified atom stereocenters. The molecule has 1 rings (SSSR count). The largest absolute Gasteiger partial charge is 0.454 e. The maximum Gasteiger partial charge on any atom is 0.306 e. The Morgan fingerprint density at radius 2 is 0.959 bits per heavy atom. The molecule has 1 aliphatic rings. The van der Waals surface area contributed by atoms with Crippen molar-refractivity contribution in [2.45, 2.75) is 320 Å². The van der Waals surface area contributed by atoms with E-state index >= 15 is 0 Å². The van der Waals surface area contributed by atoms with E-state index in [0.29, 0.717) is 19.3 Å². The number of unbranched alkanes of at least 4 members (excludes halogenated alkanes) is 31. The van der Waals surface area contributed by atoms with E-state index in [9.17, 15) is 35.1 Å². The Bertz CT molecular complexity index is 1370. The van der Waals surface area contributed by atoms with Crippen molar-refractivity contribution < 1.29 is 49.3 Å². The first-order valence-electron chi connectivity index (χ1n) is 30.4. The zero-order valence-corrected chi connectivity index (χ0v) is 47.0. The smallest absolute Gasteiger partial charge is 0.306 e. The number of aliphatic hydroxyl groups excluding tert-OH is 5. The third-order valence-electron chi connectivity index (χ3n) is 14.2. The van der Waals surface area contributed by atoms with Crippen LogP contribution in [0.2, 0.25) is 0 Å². The molecule has 0 aromatic heterocycles. The van der Waals surface area contributed by atoms with Gasteiger partial charge in [0.15, 0.2) is 12.4 Å². The standard InChI is InChI=1S/C62H113NO10/c1-4-7-10-13-16-19-22-23-24-25-26-27-28-29-30-31-32-35-37-40-43-46-49-55(66)61(70)63-53(54(65)48-45-42-39-36-33-20-17-14-11-8-5-2)52-71-62-60(59(69)58(68)56(51-64)72-62)73-57(67)50-47-44-41-38-34-21-18-15-12-9-6-3/h15-16,18-19,23-24,45,48,53-56,58-60,62,64-66,68-69H,4-14,17,20-22,25-44,46-47,49-52H2,1-3H3,(H,63,70)/b18-15-,19-16-,24-23-,48-45+. The van der Waals surface area contributed by atoms with Crippen LogP contribution in [0.4, 0.5) is 0 Å². The van der Waals surface area contributed by atoms with Gasteiger partial charge in [0, 0.05) is 6.42 Å². The number of esters is 1. The molecule has 11 heteroatoms. The molecule has 1 fully saturated rings. The summed E-state index contributed by atoms with van der Waals surface area (Å²) in [5.41, 5.74) is 0. The fourth-order valence-corrected chi connectivity index (χ4v) is 9.31. The van der Waals surface area contributed by atoms with Crippen LogP contribution in [-0.4, -0.2) is 99.6 Å². The second-order valence-electron chi connectivity index (χ2n) is 21.1. The lowest BCUT2D eigenvalue weighted by Gasteiger charge is -2.41. The molecule has 1 amide bonds. The highest BCUT2D eigenvalue weighted by Crippen LogP contribution is 2.26. The molecule has 73 heavy (non-hydrogen) atoms. The number of nitrogens with one attached hydrogen (secondary N) is 1. The molecule has 6 N–H and O–H groups in total. The van der Waals surface area contributed by atoms with E-state index in [1.54, 1.807) is 6.08 Å². The minimum Gasteiger partial charge on any atom is -0.454 e. The Morgan fingerprint density at radius 1 is 0.534 bits per heavy atom. The van der Waals surface area contributed by atoms with Crippen LogP contribution in [0.1, 0.15) is 271 Å². The predicted octanol–water partition coefficient (Wildman–Crippen LogP) is 14.1. The topological polar surface area (TPSA) is 175 Å². The maximum atomic E-state index is 13.4. The number of rotatable bonds is 51. The van der Waals surface area contributed by atoms with E-state index < -0.39 is 67.4 Å². The molecule has 11 nitrogen and oxygen atoms in total. The van der Waals surface area contributed by atoms with Crippen LogP contribution in [0.15, 0.2) is 48.6 Å². The average molecular weight is 1030 g/mol. The van der Waals surface area contributed by atoms with Crippen molar-refractivity contribution in [1.29, 1.82) is 0 Å². The van der Waals surface area contributed by atoms with Gasteiger partial charge in [-0.25, -0.2) is 0 Å². The quantitative estimate of drug-likeness (QED) is 0.0195. The molecule has 1 aliphatic heterocycles. The molecule has 8 atom stereocenters. The van der Waals surface area contributed by atoms with Crippen LogP contribution in [-0.2, 0) is 23.8 Å². The second-order valence-corrected chi connectivity index (χ2v) is 21.1. The van der Waals surface area contributed by atoms with Gasteiger partial charge < -0.3 is 45.1 Å². The molecule has 0 bridgehead atoms. The van der Waals surface area contributed by atoms with Crippen molar-refractivity contribution >= 4 is 11.9 Å². The number of allylic oxidation sites excluding steroid dienone is 7. The van der Waals surface area contributed by atoms with Crippen LogP contribution < -0.4 is 5.32 Å². The van der Waals surface area contributed by atoms with Crippen molar-refractivity contribution in [1.82, 2.24) is 5.32 Å². The minimum atomic E-state index is -1.61. The molecule has 0 radical (unpaired) electrons. The lowest BCUT2D eigenvalue weighted by atomic mass is 9.99. The maximum absolute atomic E-state index is 13.4. The van der Waals surface area contributed by atoms with Crippen LogP contribution in [0, 0.1) is 0 Å². The van der Waals surface area contributed by atoms with Gasteiger partial charge in [-0.05, 0) is 77.0 Å². The van der Waals surface area contributed by atoms with Gasteiger partial charge in [0.25, 0.3) is 0 Å². The molecule has 0 aliphatic carbocycles. The van der Waals surface area contributed by atoms with Crippen LogP contribution in [0.3, 0.4) is 0 Å². The summed E-state index contributed by atoms with van der Waals surface area (Å²) in [7, 11) is 0. The fraction of sp³-hybridized carbons (Fsp3) is 0.839. The minimum absolute atomic E-state index is 0.114. The molecule has 1 saturated heterocycles. The van der Waals surface area contributed by atoms with Crippen molar-refractivity contribution in [3.8, 4) is 0 Å². The summed E-state index contributed by atoms with van der Waals surface area (Å²) in [5, 5.41) is 56.8. The Balaban J connectivity index is 2.63. The molecule has 0 spiro atoms. The van der Waals surface area contributed by atoms with Crippen LogP contribution >= 0.6 is 0 Å². The molecular formula is C62H113NO10. The van der Waals surface area contributed by atoms with Crippen molar-refractivity contribution in [3.63, 3.8) is 0 Å². The molecular weight excluding hydrogens is 919 g/mol. The van der Waals surface area contributed by atoms with Gasteiger partial charge in [0.2, 0.25) is 5.91 Å². The summed E-state index contributed by atoms with van der Waals surface area (Å²) in [6.07, 6.45) is 50.2. The fourth-order valence-electron chi connectivity index (χ4n) is 9.31. The van der Waals surface area contributed by atoms with E-state index in [0.717, 1.165) is 83.5 Å². The zero-order valence-electron chi connectivity index (χ0n) is 47.0.